The first kappa shape index (κ1) is 8.76. The monoisotopic (exact) mass is 186 g/mol. The molecule has 70 valence electrons. The largest absolute Gasteiger partial charge is 0.313 e. The van der Waals surface area contributed by atoms with Gasteiger partial charge in [0, 0.05) is 19.2 Å². The summed E-state index contributed by atoms with van der Waals surface area (Å²) >= 11 is 0. The van der Waals surface area contributed by atoms with Crippen molar-refractivity contribution in [1.82, 2.24) is 0 Å². The van der Waals surface area contributed by atoms with Gasteiger partial charge in [-0.2, -0.15) is 0 Å². The van der Waals surface area contributed by atoms with Crippen LogP contribution in [0, 0.1) is 6.57 Å². The van der Waals surface area contributed by atoms with Crippen molar-refractivity contribution in [3.8, 4) is 0 Å². The summed E-state index contributed by atoms with van der Waals surface area (Å²) in [5.41, 5.74) is 2.66. The number of carbonyl (C=O) groups is 1. The van der Waals surface area contributed by atoms with Crippen molar-refractivity contribution in [2.45, 2.75) is 13.3 Å². The van der Waals surface area contributed by atoms with E-state index in [4.69, 9.17) is 6.57 Å². The minimum absolute atomic E-state index is 0.0471. The SMILES string of the molecule is [C-]#[N+]c1ccc2c(c1)N(C(C)=O)CC2. The summed E-state index contributed by atoms with van der Waals surface area (Å²) in [6.07, 6.45) is 0.896. The minimum Gasteiger partial charge on any atom is -0.313 e. The Morgan fingerprint density at radius 3 is 3.00 bits per heavy atom. The average Bonchev–Trinajstić information content (AvgIpc) is 2.59. The third-order valence-corrected chi connectivity index (χ3v) is 2.47. The van der Waals surface area contributed by atoms with E-state index in [-0.39, 0.29) is 5.91 Å². The molecule has 3 nitrogen and oxygen atoms in total. The summed E-state index contributed by atoms with van der Waals surface area (Å²) in [6, 6.07) is 5.53. The van der Waals surface area contributed by atoms with Crippen LogP contribution >= 0.6 is 0 Å². The van der Waals surface area contributed by atoms with Crippen LogP contribution in [-0.4, -0.2) is 12.5 Å². The molecule has 14 heavy (non-hydrogen) atoms. The molecule has 0 saturated carbocycles. The molecule has 1 aromatic carbocycles. The number of carbonyl (C=O) groups excluding carboxylic acids is 1. The molecule has 0 saturated heterocycles. The van der Waals surface area contributed by atoms with Crippen molar-refractivity contribution < 1.29 is 4.79 Å². The van der Waals surface area contributed by atoms with Crippen LogP contribution < -0.4 is 4.90 Å². The minimum atomic E-state index is 0.0471. The molecule has 1 aliphatic rings. The standard InChI is InChI=1S/C11H10N2O/c1-8(14)13-6-5-9-3-4-10(12-2)7-11(9)13/h3-4,7H,5-6H2,1H3. The second-order valence-corrected chi connectivity index (χ2v) is 3.35. The highest BCUT2D eigenvalue weighted by atomic mass is 16.2. The Labute approximate surface area is 82.8 Å². The number of amides is 1. The molecule has 0 aromatic heterocycles. The Balaban J connectivity index is 2.48. The van der Waals surface area contributed by atoms with Gasteiger partial charge in [0.2, 0.25) is 5.91 Å². The second kappa shape index (κ2) is 3.15. The molecule has 0 bridgehead atoms. The maximum atomic E-state index is 11.3. The van der Waals surface area contributed by atoms with Gasteiger partial charge < -0.3 is 4.90 Å². The van der Waals surface area contributed by atoms with Crippen LogP contribution in [0.15, 0.2) is 18.2 Å². The summed E-state index contributed by atoms with van der Waals surface area (Å²) in [4.78, 5) is 16.3. The number of hydrogen-bond donors (Lipinski definition) is 0. The molecular formula is C11H10N2O. The highest BCUT2D eigenvalue weighted by Gasteiger charge is 2.21. The van der Waals surface area contributed by atoms with Crippen molar-refractivity contribution >= 4 is 17.3 Å². The van der Waals surface area contributed by atoms with Crippen molar-refractivity contribution in [3.63, 3.8) is 0 Å². The zero-order chi connectivity index (χ0) is 10.1. The Morgan fingerprint density at radius 2 is 2.36 bits per heavy atom. The normalized spacial score (nSPS) is 13.6. The highest BCUT2D eigenvalue weighted by Crippen LogP contribution is 2.31. The van der Waals surface area contributed by atoms with Crippen LogP contribution in [-0.2, 0) is 11.2 Å². The van der Waals surface area contributed by atoms with Gasteiger partial charge in [-0.3, -0.25) is 4.79 Å². The predicted molar refractivity (Wildman–Crippen MR) is 54.4 cm³/mol. The van der Waals surface area contributed by atoms with Gasteiger partial charge in [-0.05, 0) is 18.1 Å². The lowest BCUT2D eigenvalue weighted by molar-refractivity contribution is -0.116. The molecule has 1 aromatic rings. The number of rotatable bonds is 0. The summed E-state index contributed by atoms with van der Waals surface area (Å²) in [6.45, 7) is 9.20. The molecular weight excluding hydrogens is 176 g/mol. The molecule has 0 spiro atoms. The second-order valence-electron chi connectivity index (χ2n) is 3.35. The van der Waals surface area contributed by atoms with E-state index < -0.39 is 0 Å². The van der Waals surface area contributed by atoms with Crippen molar-refractivity contribution in [2.24, 2.45) is 0 Å². The number of hydrogen-bond acceptors (Lipinski definition) is 1. The maximum Gasteiger partial charge on any atom is 0.223 e. The zero-order valence-corrected chi connectivity index (χ0v) is 7.95. The van der Waals surface area contributed by atoms with Gasteiger partial charge in [-0.25, -0.2) is 4.85 Å². The van der Waals surface area contributed by atoms with E-state index in [1.54, 1.807) is 24.0 Å². The first-order chi connectivity index (χ1) is 6.72. The summed E-state index contributed by atoms with van der Waals surface area (Å²) < 4.78 is 0. The van der Waals surface area contributed by atoms with E-state index in [2.05, 4.69) is 4.85 Å². The first-order valence-corrected chi connectivity index (χ1v) is 4.51. The fourth-order valence-electron chi connectivity index (χ4n) is 1.76. The van der Waals surface area contributed by atoms with Crippen LogP contribution in [0.2, 0.25) is 0 Å². The molecule has 1 amide bonds. The van der Waals surface area contributed by atoms with Crippen LogP contribution in [0.3, 0.4) is 0 Å². The first-order valence-electron chi connectivity index (χ1n) is 4.51. The van der Waals surface area contributed by atoms with E-state index in [0.29, 0.717) is 5.69 Å². The summed E-state index contributed by atoms with van der Waals surface area (Å²) in [5.74, 6) is 0.0471. The molecule has 1 aliphatic heterocycles. The lowest BCUT2D eigenvalue weighted by Crippen LogP contribution is -2.25. The van der Waals surface area contributed by atoms with Crippen LogP contribution in [0.5, 0.6) is 0 Å². The third-order valence-electron chi connectivity index (χ3n) is 2.47. The van der Waals surface area contributed by atoms with E-state index in [1.165, 1.54) is 0 Å². The molecule has 1 heterocycles. The molecule has 0 unspecified atom stereocenters. The molecule has 2 rings (SSSR count). The fraction of sp³-hybridized carbons (Fsp3) is 0.273. The molecule has 0 atom stereocenters. The zero-order valence-electron chi connectivity index (χ0n) is 7.95. The van der Waals surface area contributed by atoms with Crippen molar-refractivity contribution in [1.29, 1.82) is 0 Å². The molecule has 0 fully saturated rings. The topological polar surface area (TPSA) is 24.7 Å². The lowest BCUT2D eigenvalue weighted by atomic mass is 10.1. The number of fused-ring (bicyclic) bond motifs is 1. The Morgan fingerprint density at radius 1 is 1.57 bits per heavy atom. The van der Waals surface area contributed by atoms with Gasteiger partial charge in [0.25, 0.3) is 0 Å². The van der Waals surface area contributed by atoms with Crippen LogP contribution in [0.4, 0.5) is 11.4 Å². The van der Waals surface area contributed by atoms with E-state index >= 15 is 0 Å². The van der Waals surface area contributed by atoms with Gasteiger partial charge in [-0.15, -0.1) is 0 Å². The summed E-state index contributed by atoms with van der Waals surface area (Å²) in [7, 11) is 0. The van der Waals surface area contributed by atoms with Gasteiger partial charge in [-0.1, -0.05) is 12.1 Å². The Hall–Kier alpha value is -1.82. The molecule has 0 N–H and O–H groups in total. The number of anilines is 1. The molecule has 3 heteroatoms. The number of benzene rings is 1. The average molecular weight is 186 g/mol. The van der Waals surface area contributed by atoms with Crippen LogP contribution in [0.25, 0.3) is 4.85 Å². The van der Waals surface area contributed by atoms with Gasteiger partial charge in [0.1, 0.15) is 0 Å². The molecule has 0 aliphatic carbocycles. The summed E-state index contributed by atoms with van der Waals surface area (Å²) in [5, 5.41) is 0. The van der Waals surface area contributed by atoms with E-state index in [1.807, 2.05) is 6.07 Å². The maximum absolute atomic E-state index is 11.3. The highest BCUT2D eigenvalue weighted by molar-refractivity contribution is 5.94. The van der Waals surface area contributed by atoms with Crippen LogP contribution in [0.1, 0.15) is 12.5 Å². The number of nitrogens with zero attached hydrogens (tertiary/aromatic N) is 2. The fourth-order valence-corrected chi connectivity index (χ4v) is 1.76. The van der Waals surface area contributed by atoms with Gasteiger partial charge >= 0.3 is 0 Å². The van der Waals surface area contributed by atoms with Crippen molar-refractivity contribution in [2.75, 3.05) is 11.4 Å². The molecule has 0 radical (unpaired) electrons. The lowest BCUT2D eigenvalue weighted by Gasteiger charge is -2.14. The Bertz CT molecular complexity index is 431. The predicted octanol–water partition coefficient (Wildman–Crippen LogP) is 2.15. The van der Waals surface area contributed by atoms with Crippen molar-refractivity contribution in [3.05, 3.63) is 35.2 Å². The Kier molecular flexibility index (Phi) is 1.97. The van der Waals surface area contributed by atoms with E-state index in [9.17, 15) is 4.79 Å². The quantitative estimate of drug-likeness (QED) is 0.570. The van der Waals surface area contributed by atoms with Gasteiger partial charge in [0.15, 0.2) is 5.69 Å². The smallest absolute Gasteiger partial charge is 0.223 e. The van der Waals surface area contributed by atoms with E-state index in [0.717, 1.165) is 24.2 Å². The third kappa shape index (κ3) is 1.25. The van der Waals surface area contributed by atoms with Gasteiger partial charge in [0.05, 0.1) is 6.57 Å².